The first-order valence-electron chi connectivity index (χ1n) is 9.10. The second-order valence-electron chi connectivity index (χ2n) is 6.55. The molecule has 0 radical (unpaired) electrons. The number of carbonyl (C=O) groups is 1. The highest BCUT2D eigenvalue weighted by Gasteiger charge is 2.22. The van der Waals surface area contributed by atoms with E-state index in [2.05, 4.69) is 20.4 Å². The van der Waals surface area contributed by atoms with Crippen LogP contribution >= 0.6 is 11.6 Å². The highest BCUT2D eigenvalue weighted by molar-refractivity contribution is 6.33. The number of hydrogen-bond acceptors (Lipinski definition) is 5. The predicted molar refractivity (Wildman–Crippen MR) is 107 cm³/mol. The third-order valence-corrected chi connectivity index (χ3v) is 4.95. The van der Waals surface area contributed by atoms with Gasteiger partial charge in [-0.05, 0) is 24.3 Å². The molecule has 8 heteroatoms. The summed E-state index contributed by atoms with van der Waals surface area (Å²) < 4.78 is 5.35. The van der Waals surface area contributed by atoms with Gasteiger partial charge in [0.2, 0.25) is 0 Å². The Morgan fingerprint density at radius 1 is 1.04 bits per heavy atom. The van der Waals surface area contributed by atoms with E-state index in [0.29, 0.717) is 36.4 Å². The summed E-state index contributed by atoms with van der Waals surface area (Å²) in [4.78, 5) is 20.8. The Morgan fingerprint density at radius 3 is 2.50 bits per heavy atom. The molecule has 0 spiro atoms. The maximum absolute atomic E-state index is 12.4. The summed E-state index contributed by atoms with van der Waals surface area (Å²) in [5.41, 5.74) is 1.53. The molecule has 0 atom stereocenters. The molecule has 1 aromatic heterocycles. The Morgan fingerprint density at radius 2 is 1.75 bits per heavy atom. The Balaban J connectivity index is 1.30. The van der Waals surface area contributed by atoms with Crippen molar-refractivity contribution in [3.05, 3.63) is 65.4 Å². The molecule has 1 N–H and O–H groups in total. The smallest absolute Gasteiger partial charge is 0.321 e. The van der Waals surface area contributed by atoms with E-state index in [4.69, 9.17) is 16.1 Å². The molecule has 1 saturated heterocycles. The van der Waals surface area contributed by atoms with Crippen molar-refractivity contribution in [3.63, 3.8) is 0 Å². The van der Waals surface area contributed by atoms with Gasteiger partial charge in [0.15, 0.2) is 5.82 Å². The Kier molecular flexibility index (Phi) is 5.55. The van der Waals surface area contributed by atoms with Crippen molar-refractivity contribution < 1.29 is 9.32 Å². The van der Waals surface area contributed by atoms with Gasteiger partial charge in [-0.2, -0.15) is 4.98 Å². The van der Waals surface area contributed by atoms with Crippen molar-refractivity contribution in [3.8, 4) is 11.5 Å². The molecule has 1 fully saturated rings. The molecule has 0 bridgehead atoms. The number of piperazine rings is 1. The van der Waals surface area contributed by atoms with Gasteiger partial charge in [-0.3, -0.25) is 4.90 Å². The van der Waals surface area contributed by atoms with Gasteiger partial charge in [0.05, 0.1) is 17.1 Å². The summed E-state index contributed by atoms with van der Waals surface area (Å²) in [7, 11) is 0. The number of nitrogens with one attached hydrogen (secondary N) is 1. The molecule has 144 valence electrons. The third-order valence-electron chi connectivity index (χ3n) is 4.62. The fourth-order valence-corrected chi connectivity index (χ4v) is 3.31. The molecule has 3 aromatic rings. The van der Waals surface area contributed by atoms with Crippen LogP contribution in [-0.4, -0.2) is 52.2 Å². The summed E-state index contributed by atoms with van der Waals surface area (Å²) >= 11 is 6.18. The first-order valence-corrected chi connectivity index (χ1v) is 9.47. The van der Waals surface area contributed by atoms with Gasteiger partial charge in [-0.1, -0.05) is 47.1 Å². The Labute approximate surface area is 167 Å². The van der Waals surface area contributed by atoms with Crippen LogP contribution in [0.1, 0.15) is 5.82 Å². The van der Waals surface area contributed by atoms with E-state index in [0.717, 1.165) is 24.3 Å². The zero-order chi connectivity index (χ0) is 19.3. The highest BCUT2D eigenvalue weighted by Crippen LogP contribution is 2.26. The van der Waals surface area contributed by atoms with Crippen molar-refractivity contribution in [1.82, 2.24) is 19.9 Å². The van der Waals surface area contributed by atoms with Gasteiger partial charge >= 0.3 is 6.03 Å². The lowest BCUT2D eigenvalue weighted by Gasteiger charge is -2.34. The van der Waals surface area contributed by atoms with E-state index < -0.39 is 0 Å². The normalized spacial score (nSPS) is 14.8. The zero-order valence-electron chi connectivity index (χ0n) is 15.2. The molecular formula is C20H20ClN5O2. The molecule has 2 aromatic carbocycles. The predicted octanol–water partition coefficient (Wildman–Crippen LogP) is 3.74. The van der Waals surface area contributed by atoms with E-state index in [1.54, 1.807) is 6.07 Å². The molecule has 2 amide bonds. The minimum absolute atomic E-state index is 0.0774. The summed E-state index contributed by atoms with van der Waals surface area (Å²) in [5.74, 6) is 1.03. The summed E-state index contributed by atoms with van der Waals surface area (Å²) in [6, 6.07) is 16.8. The van der Waals surface area contributed by atoms with Crippen molar-refractivity contribution in [2.75, 3.05) is 31.5 Å². The standard InChI is InChI=1S/C20H20ClN5O2/c21-17-9-5-4-8-16(17)19-23-18(24-28-19)14-25-10-12-26(13-11-25)20(27)22-15-6-2-1-3-7-15/h1-9H,10-14H2,(H,22,27). The van der Waals surface area contributed by atoms with E-state index in [1.165, 1.54) is 0 Å². The monoisotopic (exact) mass is 397 g/mol. The quantitative estimate of drug-likeness (QED) is 0.725. The molecule has 7 nitrogen and oxygen atoms in total. The Bertz CT molecular complexity index is 939. The molecular weight excluding hydrogens is 378 g/mol. The number of amides is 2. The summed E-state index contributed by atoms with van der Waals surface area (Å²) in [6.45, 7) is 3.36. The van der Waals surface area contributed by atoms with E-state index in [9.17, 15) is 4.79 Å². The number of urea groups is 1. The van der Waals surface area contributed by atoms with Gasteiger partial charge in [0, 0.05) is 31.9 Å². The lowest BCUT2D eigenvalue weighted by atomic mass is 10.2. The van der Waals surface area contributed by atoms with Gasteiger partial charge in [-0.15, -0.1) is 0 Å². The van der Waals surface area contributed by atoms with E-state index >= 15 is 0 Å². The topological polar surface area (TPSA) is 74.5 Å². The lowest BCUT2D eigenvalue weighted by molar-refractivity contribution is 0.140. The van der Waals surface area contributed by atoms with Gasteiger partial charge in [-0.25, -0.2) is 4.79 Å². The molecule has 2 heterocycles. The van der Waals surface area contributed by atoms with Crippen LogP contribution in [0.3, 0.4) is 0 Å². The highest BCUT2D eigenvalue weighted by atomic mass is 35.5. The first-order chi connectivity index (χ1) is 13.7. The van der Waals surface area contributed by atoms with Crippen LogP contribution in [0.25, 0.3) is 11.5 Å². The van der Waals surface area contributed by atoms with Crippen LogP contribution in [0.5, 0.6) is 0 Å². The van der Waals surface area contributed by atoms with Crippen LogP contribution in [0.4, 0.5) is 10.5 Å². The number of halogens is 1. The minimum Gasteiger partial charge on any atom is -0.334 e. The average Bonchev–Trinajstić information content (AvgIpc) is 3.18. The van der Waals surface area contributed by atoms with Crippen LogP contribution in [-0.2, 0) is 6.54 Å². The van der Waals surface area contributed by atoms with Crippen molar-refractivity contribution in [1.29, 1.82) is 0 Å². The average molecular weight is 398 g/mol. The maximum atomic E-state index is 12.4. The van der Waals surface area contributed by atoms with Gasteiger partial charge in [0.1, 0.15) is 0 Å². The molecule has 28 heavy (non-hydrogen) atoms. The van der Waals surface area contributed by atoms with Crippen molar-refractivity contribution in [2.24, 2.45) is 0 Å². The number of carbonyl (C=O) groups excluding carboxylic acids is 1. The fourth-order valence-electron chi connectivity index (χ4n) is 3.10. The third kappa shape index (κ3) is 4.32. The van der Waals surface area contributed by atoms with Crippen LogP contribution in [0.15, 0.2) is 59.1 Å². The van der Waals surface area contributed by atoms with Crippen molar-refractivity contribution in [2.45, 2.75) is 6.54 Å². The SMILES string of the molecule is O=C(Nc1ccccc1)N1CCN(Cc2noc(-c3ccccc3Cl)n2)CC1. The number of rotatable bonds is 4. The fraction of sp³-hybridized carbons (Fsp3) is 0.250. The number of hydrogen-bond donors (Lipinski definition) is 1. The maximum Gasteiger partial charge on any atom is 0.321 e. The summed E-state index contributed by atoms with van der Waals surface area (Å²) in [6.07, 6.45) is 0. The molecule has 0 aliphatic carbocycles. The van der Waals surface area contributed by atoms with Crippen LogP contribution in [0.2, 0.25) is 5.02 Å². The number of para-hydroxylation sites is 1. The van der Waals surface area contributed by atoms with Crippen LogP contribution in [0, 0.1) is 0 Å². The van der Waals surface area contributed by atoms with E-state index in [1.807, 2.05) is 53.4 Å². The zero-order valence-corrected chi connectivity index (χ0v) is 16.0. The number of aromatic nitrogens is 2. The number of benzene rings is 2. The molecule has 0 unspecified atom stereocenters. The van der Waals surface area contributed by atoms with Crippen molar-refractivity contribution >= 4 is 23.3 Å². The second-order valence-corrected chi connectivity index (χ2v) is 6.96. The summed E-state index contributed by atoms with van der Waals surface area (Å²) in [5, 5.41) is 7.56. The van der Waals surface area contributed by atoms with Gasteiger partial charge in [0.25, 0.3) is 5.89 Å². The largest absolute Gasteiger partial charge is 0.334 e. The lowest BCUT2D eigenvalue weighted by Crippen LogP contribution is -2.49. The van der Waals surface area contributed by atoms with Gasteiger partial charge < -0.3 is 14.7 Å². The van der Waals surface area contributed by atoms with E-state index in [-0.39, 0.29) is 6.03 Å². The Hall–Kier alpha value is -2.90. The molecule has 4 rings (SSSR count). The minimum atomic E-state index is -0.0774. The molecule has 0 saturated carbocycles. The number of anilines is 1. The first kappa shape index (κ1) is 18.5. The van der Waals surface area contributed by atoms with Crippen LogP contribution < -0.4 is 5.32 Å². The molecule has 1 aliphatic rings. The number of nitrogens with zero attached hydrogens (tertiary/aromatic N) is 4. The second kappa shape index (κ2) is 8.41. The molecule has 1 aliphatic heterocycles.